The van der Waals surface area contributed by atoms with Crippen molar-refractivity contribution in [3.63, 3.8) is 0 Å². The van der Waals surface area contributed by atoms with Crippen LogP contribution in [0.5, 0.6) is 0 Å². The fourth-order valence-electron chi connectivity index (χ4n) is 1.67. The molecule has 2 heteroatoms. The standard InChI is InChI=1S/C12H14NS/c1-4-7-13-10(3)14-12-8-9(2)5-6-11(12)13/h4-6,8H,1,7H2,2-3H3/q+1. The average molecular weight is 204 g/mol. The van der Waals surface area contributed by atoms with Crippen molar-refractivity contribution in [1.82, 2.24) is 0 Å². The Bertz CT molecular complexity index is 482. The molecule has 0 bridgehead atoms. The van der Waals surface area contributed by atoms with E-state index in [-0.39, 0.29) is 0 Å². The number of rotatable bonds is 2. The van der Waals surface area contributed by atoms with E-state index in [0.717, 1.165) is 6.54 Å². The Morgan fingerprint density at radius 3 is 2.93 bits per heavy atom. The summed E-state index contributed by atoms with van der Waals surface area (Å²) in [6.45, 7) is 8.97. The highest BCUT2D eigenvalue weighted by Crippen LogP contribution is 2.20. The lowest BCUT2D eigenvalue weighted by molar-refractivity contribution is -0.662. The third kappa shape index (κ3) is 1.46. The van der Waals surface area contributed by atoms with Crippen LogP contribution in [0.2, 0.25) is 0 Å². The summed E-state index contributed by atoms with van der Waals surface area (Å²) in [7, 11) is 0. The molecule has 0 aliphatic carbocycles. The average Bonchev–Trinajstić information content (AvgIpc) is 2.43. The molecule has 0 aliphatic heterocycles. The summed E-state index contributed by atoms with van der Waals surface area (Å²) in [6, 6.07) is 6.60. The highest BCUT2D eigenvalue weighted by molar-refractivity contribution is 7.18. The number of aryl methyl sites for hydroxylation is 2. The second kappa shape index (κ2) is 3.54. The van der Waals surface area contributed by atoms with Gasteiger partial charge in [0.2, 0.25) is 10.5 Å². The summed E-state index contributed by atoms with van der Waals surface area (Å²) in [5.74, 6) is 0. The quantitative estimate of drug-likeness (QED) is 0.523. The fraction of sp³-hybridized carbons (Fsp3) is 0.250. The third-order valence-corrected chi connectivity index (χ3v) is 3.42. The Kier molecular flexibility index (Phi) is 2.38. The Morgan fingerprint density at radius 1 is 1.43 bits per heavy atom. The highest BCUT2D eigenvalue weighted by Gasteiger charge is 2.14. The molecule has 1 nitrogen and oxygen atoms in total. The van der Waals surface area contributed by atoms with Gasteiger partial charge in [-0.15, -0.1) is 0 Å². The number of hydrogen-bond donors (Lipinski definition) is 0. The molecule has 0 radical (unpaired) electrons. The summed E-state index contributed by atoms with van der Waals surface area (Å²) < 4.78 is 3.66. The summed E-state index contributed by atoms with van der Waals surface area (Å²) in [4.78, 5) is 0. The first-order valence-corrected chi connectivity index (χ1v) is 5.54. The second-order valence-corrected chi connectivity index (χ2v) is 4.73. The minimum Gasteiger partial charge on any atom is -0.182 e. The minimum atomic E-state index is 0.898. The Hall–Kier alpha value is -1.15. The zero-order valence-corrected chi connectivity index (χ0v) is 9.40. The first-order valence-electron chi connectivity index (χ1n) is 4.73. The lowest BCUT2D eigenvalue weighted by Gasteiger charge is -1.91. The number of thiazole rings is 1. The molecule has 0 unspecified atom stereocenters. The van der Waals surface area contributed by atoms with Gasteiger partial charge in [-0.05, 0) is 24.6 Å². The van der Waals surface area contributed by atoms with Crippen molar-refractivity contribution in [1.29, 1.82) is 0 Å². The van der Waals surface area contributed by atoms with Crippen LogP contribution in [0.3, 0.4) is 0 Å². The van der Waals surface area contributed by atoms with E-state index in [1.165, 1.54) is 20.8 Å². The molecule has 0 spiro atoms. The topological polar surface area (TPSA) is 3.88 Å². The normalized spacial score (nSPS) is 10.7. The van der Waals surface area contributed by atoms with E-state index < -0.39 is 0 Å². The molecule has 0 fully saturated rings. The maximum atomic E-state index is 3.78. The van der Waals surface area contributed by atoms with Gasteiger partial charge in [-0.2, -0.15) is 4.57 Å². The molecule has 0 N–H and O–H groups in total. The summed E-state index contributed by atoms with van der Waals surface area (Å²) in [5.41, 5.74) is 2.64. The van der Waals surface area contributed by atoms with E-state index in [4.69, 9.17) is 0 Å². The zero-order chi connectivity index (χ0) is 10.1. The first-order chi connectivity index (χ1) is 6.72. The molecule has 2 rings (SSSR count). The molecule has 0 aliphatic rings. The van der Waals surface area contributed by atoms with Crippen LogP contribution in [0.15, 0.2) is 30.9 Å². The van der Waals surface area contributed by atoms with Gasteiger partial charge in [0.25, 0.3) is 0 Å². The highest BCUT2D eigenvalue weighted by atomic mass is 32.1. The van der Waals surface area contributed by atoms with E-state index in [9.17, 15) is 0 Å². The molecule has 1 heterocycles. The van der Waals surface area contributed by atoms with Crippen LogP contribution >= 0.6 is 11.3 Å². The Labute approximate surface area is 88.3 Å². The van der Waals surface area contributed by atoms with Gasteiger partial charge in [0.05, 0.1) is 0 Å². The fourth-order valence-corrected chi connectivity index (χ4v) is 2.79. The summed E-state index contributed by atoms with van der Waals surface area (Å²) in [5, 5.41) is 1.34. The van der Waals surface area contributed by atoms with Gasteiger partial charge in [-0.25, -0.2) is 0 Å². The number of aromatic nitrogens is 1. The third-order valence-electron chi connectivity index (χ3n) is 2.36. The van der Waals surface area contributed by atoms with Crippen LogP contribution in [-0.2, 0) is 6.54 Å². The van der Waals surface area contributed by atoms with Crippen molar-refractivity contribution in [3.8, 4) is 0 Å². The van der Waals surface area contributed by atoms with E-state index in [1.807, 2.05) is 17.4 Å². The molecule has 1 aromatic carbocycles. The summed E-state index contributed by atoms with van der Waals surface area (Å²) >= 11 is 1.85. The van der Waals surface area contributed by atoms with Crippen molar-refractivity contribution in [3.05, 3.63) is 41.4 Å². The van der Waals surface area contributed by atoms with E-state index in [2.05, 4.69) is 43.2 Å². The molecule has 14 heavy (non-hydrogen) atoms. The van der Waals surface area contributed by atoms with Gasteiger partial charge >= 0.3 is 0 Å². The van der Waals surface area contributed by atoms with Gasteiger partial charge < -0.3 is 0 Å². The largest absolute Gasteiger partial charge is 0.235 e. The predicted molar refractivity (Wildman–Crippen MR) is 61.7 cm³/mol. The van der Waals surface area contributed by atoms with Crippen LogP contribution in [0.1, 0.15) is 10.6 Å². The Morgan fingerprint density at radius 2 is 2.21 bits per heavy atom. The monoisotopic (exact) mass is 204 g/mol. The lowest BCUT2D eigenvalue weighted by Crippen LogP contribution is -2.33. The molecule has 0 amide bonds. The minimum absolute atomic E-state index is 0.898. The molecule has 2 aromatic rings. The number of benzene rings is 1. The van der Waals surface area contributed by atoms with Crippen LogP contribution in [0, 0.1) is 13.8 Å². The predicted octanol–water partition coefficient (Wildman–Crippen LogP) is 2.99. The smallest absolute Gasteiger partial charge is 0.182 e. The molecule has 0 saturated carbocycles. The number of fused-ring (bicyclic) bond motifs is 1. The molecule has 72 valence electrons. The molecular formula is C12H14NS+. The van der Waals surface area contributed by atoms with Crippen molar-refractivity contribution in [2.24, 2.45) is 0 Å². The van der Waals surface area contributed by atoms with E-state index in [1.54, 1.807) is 0 Å². The molecular weight excluding hydrogens is 190 g/mol. The number of hydrogen-bond acceptors (Lipinski definition) is 1. The van der Waals surface area contributed by atoms with E-state index in [0.29, 0.717) is 0 Å². The lowest BCUT2D eigenvalue weighted by atomic mass is 10.2. The van der Waals surface area contributed by atoms with Crippen LogP contribution in [0.4, 0.5) is 0 Å². The molecule has 0 saturated heterocycles. The Balaban J connectivity index is 2.70. The summed E-state index contributed by atoms with van der Waals surface area (Å²) in [6.07, 6.45) is 1.94. The zero-order valence-electron chi connectivity index (χ0n) is 8.58. The van der Waals surface area contributed by atoms with Gasteiger partial charge in [-0.3, -0.25) is 0 Å². The van der Waals surface area contributed by atoms with Crippen molar-refractivity contribution in [2.45, 2.75) is 20.4 Å². The van der Waals surface area contributed by atoms with Crippen LogP contribution < -0.4 is 4.57 Å². The van der Waals surface area contributed by atoms with Gasteiger partial charge in [0.1, 0.15) is 4.70 Å². The first kappa shape index (κ1) is 9.41. The van der Waals surface area contributed by atoms with Gasteiger partial charge in [-0.1, -0.05) is 24.0 Å². The second-order valence-electron chi connectivity index (χ2n) is 3.49. The maximum absolute atomic E-state index is 3.78. The maximum Gasteiger partial charge on any atom is 0.235 e. The molecule has 0 atom stereocenters. The molecule has 1 aromatic heterocycles. The van der Waals surface area contributed by atoms with Crippen LogP contribution in [0.25, 0.3) is 10.2 Å². The SMILES string of the molecule is C=CC[n+]1c(C)sc2cc(C)ccc21. The van der Waals surface area contributed by atoms with E-state index >= 15 is 0 Å². The van der Waals surface area contributed by atoms with Crippen molar-refractivity contribution < 1.29 is 4.57 Å². The van der Waals surface area contributed by atoms with Crippen molar-refractivity contribution >= 4 is 21.6 Å². The van der Waals surface area contributed by atoms with Gasteiger partial charge in [0.15, 0.2) is 6.54 Å². The van der Waals surface area contributed by atoms with Crippen molar-refractivity contribution in [2.75, 3.05) is 0 Å². The number of allylic oxidation sites excluding steroid dienone is 1. The van der Waals surface area contributed by atoms with Crippen LogP contribution in [-0.4, -0.2) is 0 Å². The van der Waals surface area contributed by atoms with Gasteiger partial charge in [0, 0.05) is 13.0 Å². The number of nitrogens with zero attached hydrogens (tertiary/aromatic N) is 1.